The maximum absolute atomic E-state index is 12.0. The lowest BCUT2D eigenvalue weighted by Gasteiger charge is -2.20. The zero-order chi connectivity index (χ0) is 12.3. The van der Waals surface area contributed by atoms with Gasteiger partial charge in [0.25, 0.3) is 0 Å². The Hall–Kier alpha value is -1.84. The van der Waals surface area contributed by atoms with E-state index in [-0.39, 0.29) is 12.5 Å². The average molecular weight is 233 g/mol. The molecule has 0 radical (unpaired) electrons. The summed E-state index contributed by atoms with van der Waals surface area (Å²) in [5.41, 5.74) is 0.653. The number of carboxylic acids is 1. The van der Waals surface area contributed by atoms with Crippen molar-refractivity contribution in [3.05, 3.63) is 30.3 Å². The first-order valence-electron chi connectivity index (χ1n) is 5.74. The Morgan fingerprint density at radius 3 is 2.41 bits per heavy atom. The van der Waals surface area contributed by atoms with Gasteiger partial charge < -0.3 is 10.0 Å². The molecule has 1 aromatic carbocycles. The van der Waals surface area contributed by atoms with Crippen LogP contribution in [0, 0.1) is 5.92 Å². The van der Waals surface area contributed by atoms with Crippen molar-refractivity contribution in [3.63, 3.8) is 0 Å². The fraction of sp³-hybridized carbons (Fsp3) is 0.385. The molecule has 0 unspecified atom stereocenters. The standard InChI is InChI=1S/C13H15NO3/c15-12(8-10-6-7-10)14(9-13(16)17)11-4-2-1-3-5-11/h1-5,10H,6-9H2,(H,16,17). The number of para-hydroxylation sites is 1. The molecular formula is C13H15NO3. The van der Waals surface area contributed by atoms with E-state index in [1.807, 2.05) is 6.07 Å². The van der Waals surface area contributed by atoms with Crippen molar-refractivity contribution < 1.29 is 14.7 Å². The maximum Gasteiger partial charge on any atom is 0.323 e. The Labute approximate surface area is 99.9 Å². The van der Waals surface area contributed by atoms with Gasteiger partial charge in [0.1, 0.15) is 6.54 Å². The van der Waals surface area contributed by atoms with E-state index in [1.54, 1.807) is 24.3 Å². The molecule has 0 heterocycles. The number of aliphatic carboxylic acids is 1. The van der Waals surface area contributed by atoms with E-state index in [4.69, 9.17) is 5.11 Å². The first-order valence-corrected chi connectivity index (χ1v) is 5.74. The monoisotopic (exact) mass is 233 g/mol. The van der Waals surface area contributed by atoms with Crippen molar-refractivity contribution >= 4 is 17.6 Å². The number of hydrogen-bond acceptors (Lipinski definition) is 2. The summed E-state index contributed by atoms with van der Waals surface area (Å²) < 4.78 is 0. The number of carbonyl (C=O) groups excluding carboxylic acids is 1. The van der Waals surface area contributed by atoms with Gasteiger partial charge in [-0.15, -0.1) is 0 Å². The summed E-state index contributed by atoms with van der Waals surface area (Å²) in [4.78, 5) is 24.1. The second kappa shape index (κ2) is 4.99. The van der Waals surface area contributed by atoms with Gasteiger partial charge >= 0.3 is 5.97 Å². The second-order valence-electron chi connectivity index (χ2n) is 4.36. The van der Waals surface area contributed by atoms with Gasteiger partial charge in [-0.3, -0.25) is 9.59 Å². The van der Waals surface area contributed by atoms with Crippen LogP contribution in [-0.2, 0) is 9.59 Å². The number of rotatable bonds is 5. The van der Waals surface area contributed by atoms with Crippen LogP contribution >= 0.6 is 0 Å². The number of carbonyl (C=O) groups is 2. The quantitative estimate of drug-likeness (QED) is 0.845. The van der Waals surface area contributed by atoms with Crippen LogP contribution in [0.2, 0.25) is 0 Å². The first kappa shape index (κ1) is 11.6. The Balaban J connectivity index is 2.11. The number of carboxylic acid groups (broad SMARTS) is 1. The van der Waals surface area contributed by atoms with Gasteiger partial charge in [0, 0.05) is 12.1 Å². The summed E-state index contributed by atoms with van der Waals surface area (Å²) >= 11 is 0. The molecule has 2 rings (SSSR count). The number of anilines is 1. The highest BCUT2D eigenvalue weighted by molar-refractivity contribution is 5.97. The molecule has 0 saturated heterocycles. The van der Waals surface area contributed by atoms with E-state index >= 15 is 0 Å². The summed E-state index contributed by atoms with van der Waals surface area (Å²) in [7, 11) is 0. The number of benzene rings is 1. The van der Waals surface area contributed by atoms with Crippen molar-refractivity contribution in [2.75, 3.05) is 11.4 Å². The largest absolute Gasteiger partial charge is 0.480 e. The summed E-state index contributed by atoms with van der Waals surface area (Å²) in [6.07, 6.45) is 2.63. The molecule has 0 aliphatic heterocycles. The smallest absolute Gasteiger partial charge is 0.323 e. The molecule has 90 valence electrons. The number of amides is 1. The Morgan fingerprint density at radius 1 is 1.24 bits per heavy atom. The highest BCUT2D eigenvalue weighted by Crippen LogP contribution is 2.33. The third kappa shape index (κ3) is 3.31. The topological polar surface area (TPSA) is 57.6 Å². The van der Waals surface area contributed by atoms with Crippen LogP contribution in [-0.4, -0.2) is 23.5 Å². The molecule has 1 aliphatic rings. The van der Waals surface area contributed by atoms with E-state index in [2.05, 4.69) is 0 Å². The molecule has 17 heavy (non-hydrogen) atoms. The molecule has 1 N–H and O–H groups in total. The Bertz CT molecular complexity index is 412. The molecule has 0 aromatic heterocycles. The normalized spacial score (nSPS) is 14.4. The molecule has 1 aliphatic carbocycles. The van der Waals surface area contributed by atoms with Crippen LogP contribution in [0.3, 0.4) is 0 Å². The molecule has 1 amide bonds. The van der Waals surface area contributed by atoms with Gasteiger partial charge in [0.2, 0.25) is 5.91 Å². The van der Waals surface area contributed by atoms with E-state index in [1.165, 1.54) is 4.90 Å². The van der Waals surface area contributed by atoms with Crippen LogP contribution < -0.4 is 4.90 Å². The van der Waals surface area contributed by atoms with Crippen molar-refractivity contribution in [1.82, 2.24) is 0 Å². The van der Waals surface area contributed by atoms with Gasteiger partial charge in [-0.05, 0) is 30.9 Å². The zero-order valence-electron chi connectivity index (χ0n) is 9.50. The fourth-order valence-corrected chi connectivity index (χ4v) is 1.75. The Kier molecular flexibility index (Phi) is 3.42. The molecule has 1 fully saturated rings. The predicted octanol–water partition coefficient (Wildman–Crippen LogP) is 1.90. The van der Waals surface area contributed by atoms with Crippen LogP contribution in [0.5, 0.6) is 0 Å². The molecule has 0 spiro atoms. The van der Waals surface area contributed by atoms with Crippen molar-refractivity contribution in [2.24, 2.45) is 5.92 Å². The van der Waals surface area contributed by atoms with E-state index in [0.717, 1.165) is 12.8 Å². The molecule has 0 atom stereocenters. The lowest BCUT2D eigenvalue weighted by molar-refractivity contribution is -0.136. The van der Waals surface area contributed by atoms with Gasteiger partial charge in [0.05, 0.1) is 0 Å². The summed E-state index contributed by atoms with van der Waals surface area (Å²) in [6, 6.07) is 8.96. The summed E-state index contributed by atoms with van der Waals surface area (Å²) in [5, 5.41) is 8.85. The zero-order valence-corrected chi connectivity index (χ0v) is 9.50. The summed E-state index contributed by atoms with van der Waals surface area (Å²) in [6.45, 7) is -0.268. The SMILES string of the molecule is O=C(O)CN(C(=O)CC1CC1)c1ccccc1. The van der Waals surface area contributed by atoms with E-state index in [0.29, 0.717) is 18.0 Å². The highest BCUT2D eigenvalue weighted by Gasteiger charge is 2.28. The highest BCUT2D eigenvalue weighted by atomic mass is 16.4. The van der Waals surface area contributed by atoms with Gasteiger partial charge in [-0.1, -0.05) is 18.2 Å². The molecule has 4 nitrogen and oxygen atoms in total. The van der Waals surface area contributed by atoms with Gasteiger partial charge in [0.15, 0.2) is 0 Å². The lowest BCUT2D eigenvalue weighted by Crippen LogP contribution is -2.35. The third-order valence-corrected chi connectivity index (χ3v) is 2.82. The Morgan fingerprint density at radius 2 is 1.88 bits per heavy atom. The van der Waals surface area contributed by atoms with Crippen LogP contribution in [0.15, 0.2) is 30.3 Å². The van der Waals surface area contributed by atoms with E-state index in [9.17, 15) is 9.59 Å². The summed E-state index contributed by atoms with van der Waals surface area (Å²) in [5.74, 6) is -0.624. The molecular weight excluding hydrogens is 218 g/mol. The first-order chi connectivity index (χ1) is 8.16. The second-order valence-corrected chi connectivity index (χ2v) is 4.36. The molecule has 1 aromatic rings. The number of nitrogens with zero attached hydrogens (tertiary/aromatic N) is 1. The predicted molar refractivity (Wildman–Crippen MR) is 63.8 cm³/mol. The minimum absolute atomic E-state index is 0.0962. The number of hydrogen-bond donors (Lipinski definition) is 1. The van der Waals surface area contributed by atoms with Gasteiger partial charge in [-0.25, -0.2) is 0 Å². The van der Waals surface area contributed by atoms with Crippen molar-refractivity contribution in [2.45, 2.75) is 19.3 Å². The van der Waals surface area contributed by atoms with Crippen molar-refractivity contribution in [1.29, 1.82) is 0 Å². The minimum atomic E-state index is -0.988. The van der Waals surface area contributed by atoms with E-state index < -0.39 is 5.97 Å². The fourth-order valence-electron chi connectivity index (χ4n) is 1.75. The maximum atomic E-state index is 12.0. The molecule has 1 saturated carbocycles. The molecule has 4 heteroatoms. The molecule has 0 bridgehead atoms. The lowest BCUT2D eigenvalue weighted by atomic mass is 10.2. The van der Waals surface area contributed by atoms with Crippen LogP contribution in [0.1, 0.15) is 19.3 Å². The average Bonchev–Trinajstić information content (AvgIpc) is 3.10. The van der Waals surface area contributed by atoms with Crippen molar-refractivity contribution in [3.8, 4) is 0 Å². The van der Waals surface area contributed by atoms with Crippen LogP contribution in [0.25, 0.3) is 0 Å². The third-order valence-electron chi connectivity index (χ3n) is 2.82. The van der Waals surface area contributed by atoms with Crippen LogP contribution in [0.4, 0.5) is 5.69 Å². The minimum Gasteiger partial charge on any atom is -0.480 e. The van der Waals surface area contributed by atoms with Gasteiger partial charge in [-0.2, -0.15) is 0 Å².